The van der Waals surface area contributed by atoms with Crippen molar-refractivity contribution in [2.75, 3.05) is 6.54 Å². The van der Waals surface area contributed by atoms with Gasteiger partial charge in [-0.3, -0.25) is 15.1 Å². The fourth-order valence-corrected chi connectivity index (χ4v) is 1.80. The zero-order valence-electron chi connectivity index (χ0n) is 8.79. The zero-order chi connectivity index (χ0) is 10.8. The van der Waals surface area contributed by atoms with E-state index in [1.807, 2.05) is 18.2 Å². The summed E-state index contributed by atoms with van der Waals surface area (Å²) < 4.78 is 0. The summed E-state index contributed by atoms with van der Waals surface area (Å²) in [5.41, 5.74) is 1.43. The molecule has 78 valence electrons. The second kappa shape index (κ2) is 3.85. The molecule has 1 N–H and O–H groups in total. The normalized spacial score (nSPS) is 14.6. The van der Waals surface area contributed by atoms with Gasteiger partial charge in [0.15, 0.2) is 0 Å². The highest BCUT2D eigenvalue weighted by Crippen LogP contribution is 2.22. The quantitative estimate of drug-likeness (QED) is 0.802. The van der Waals surface area contributed by atoms with Crippen LogP contribution in [0.2, 0.25) is 0 Å². The first-order valence-electron chi connectivity index (χ1n) is 5.25. The summed E-state index contributed by atoms with van der Waals surface area (Å²) in [5, 5.41) is 7.90. The zero-order valence-corrected chi connectivity index (χ0v) is 8.79. The van der Waals surface area contributed by atoms with Gasteiger partial charge in [0, 0.05) is 12.1 Å². The number of carbonyl (C=O) groups excluding carboxylic acids is 1. The highest BCUT2D eigenvalue weighted by Gasteiger charge is 2.31. The number of nitrogens with zero attached hydrogens (tertiary/aromatic N) is 1. The maximum Gasteiger partial charge on any atom is 0.260 e. The van der Waals surface area contributed by atoms with E-state index in [1.165, 1.54) is 0 Å². The third-order valence-electron chi connectivity index (χ3n) is 2.66. The summed E-state index contributed by atoms with van der Waals surface area (Å²) in [4.78, 5) is 13.5. The van der Waals surface area contributed by atoms with Crippen LogP contribution in [0.5, 0.6) is 0 Å². The first kappa shape index (κ1) is 9.90. The van der Waals surface area contributed by atoms with E-state index < -0.39 is 0 Å². The van der Waals surface area contributed by atoms with Gasteiger partial charge in [-0.05, 0) is 12.5 Å². The lowest BCUT2D eigenvalue weighted by atomic mass is 10.1. The fourth-order valence-electron chi connectivity index (χ4n) is 1.80. The Kier molecular flexibility index (Phi) is 2.54. The third kappa shape index (κ3) is 1.54. The van der Waals surface area contributed by atoms with Crippen molar-refractivity contribution in [2.24, 2.45) is 0 Å². The number of benzene rings is 1. The Hall–Kier alpha value is -1.64. The molecule has 0 saturated heterocycles. The van der Waals surface area contributed by atoms with Crippen LogP contribution in [-0.4, -0.2) is 23.2 Å². The lowest BCUT2D eigenvalue weighted by Gasteiger charge is -2.14. The van der Waals surface area contributed by atoms with Crippen LogP contribution < -0.4 is 0 Å². The van der Waals surface area contributed by atoms with Gasteiger partial charge in [0.25, 0.3) is 5.91 Å². The van der Waals surface area contributed by atoms with E-state index >= 15 is 0 Å². The number of hydrogen-bond donors (Lipinski definition) is 1. The topological polar surface area (TPSA) is 44.2 Å². The Balaban J connectivity index is 2.29. The summed E-state index contributed by atoms with van der Waals surface area (Å²) >= 11 is 0. The molecule has 0 aromatic heterocycles. The first-order valence-corrected chi connectivity index (χ1v) is 5.25. The van der Waals surface area contributed by atoms with E-state index in [-0.39, 0.29) is 5.91 Å². The maximum atomic E-state index is 11.9. The largest absolute Gasteiger partial charge is 0.293 e. The van der Waals surface area contributed by atoms with Crippen LogP contribution in [0.4, 0.5) is 0 Å². The highest BCUT2D eigenvalue weighted by molar-refractivity contribution is 6.22. The number of amidine groups is 1. The second-order valence-corrected chi connectivity index (χ2v) is 3.70. The van der Waals surface area contributed by atoms with E-state index in [1.54, 1.807) is 11.0 Å². The molecule has 0 spiro atoms. The second-order valence-electron chi connectivity index (χ2n) is 3.70. The van der Waals surface area contributed by atoms with Gasteiger partial charge < -0.3 is 0 Å². The predicted molar refractivity (Wildman–Crippen MR) is 59.2 cm³/mol. The van der Waals surface area contributed by atoms with E-state index in [9.17, 15) is 4.79 Å². The van der Waals surface area contributed by atoms with E-state index in [2.05, 4.69) is 6.92 Å². The van der Waals surface area contributed by atoms with Crippen LogP contribution in [0, 0.1) is 5.41 Å². The molecule has 0 bridgehead atoms. The lowest BCUT2D eigenvalue weighted by Crippen LogP contribution is -2.30. The SMILES string of the molecule is CCCCN1C(=N)c2ccccc2C1=O. The highest BCUT2D eigenvalue weighted by atomic mass is 16.2. The number of unbranched alkanes of at least 4 members (excludes halogenated alkanes) is 1. The Labute approximate surface area is 89.2 Å². The molecule has 1 heterocycles. The number of hydrogen-bond acceptors (Lipinski definition) is 2. The molecule has 0 unspecified atom stereocenters. The molecule has 0 fully saturated rings. The minimum atomic E-state index is -0.0240. The minimum Gasteiger partial charge on any atom is -0.293 e. The molecule has 2 rings (SSSR count). The van der Waals surface area contributed by atoms with E-state index in [4.69, 9.17) is 5.41 Å². The van der Waals surface area contributed by atoms with Crippen molar-refractivity contribution in [3.8, 4) is 0 Å². The Morgan fingerprint density at radius 1 is 1.27 bits per heavy atom. The molecule has 3 nitrogen and oxygen atoms in total. The molecule has 0 aliphatic carbocycles. The van der Waals surface area contributed by atoms with Crippen LogP contribution >= 0.6 is 0 Å². The van der Waals surface area contributed by atoms with Crippen molar-refractivity contribution < 1.29 is 4.79 Å². The monoisotopic (exact) mass is 202 g/mol. The Morgan fingerprint density at radius 2 is 1.93 bits per heavy atom. The molecule has 1 aliphatic rings. The molecule has 1 aromatic rings. The summed E-state index contributed by atoms with van der Waals surface area (Å²) in [7, 11) is 0. The summed E-state index contributed by atoms with van der Waals surface area (Å²) in [6.45, 7) is 2.74. The smallest absolute Gasteiger partial charge is 0.260 e. The molecule has 0 saturated carbocycles. The Morgan fingerprint density at radius 3 is 2.53 bits per heavy atom. The van der Waals surface area contributed by atoms with Crippen molar-refractivity contribution in [1.82, 2.24) is 4.90 Å². The number of rotatable bonds is 3. The summed E-state index contributed by atoms with van der Waals surface area (Å²) in [6.07, 6.45) is 1.98. The predicted octanol–water partition coefficient (Wildman–Crippen LogP) is 2.27. The van der Waals surface area contributed by atoms with Crippen LogP contribution in [0.3, 0.4) is 0 Å². The van der Waals surface area contributed by atoms with Crippen molar-refractivity contribution in [1.29, 1.82) is 5.41 Å². The molecule has 1 amide bonds. The van der Waals surface area contributed by atoms with Crippen molar-refractivity contribution in [3.63, 3.8) is 0 Å². The molecular weight excluding hydrogens is 188 g/mol. The van der Waals surface area contributed by atoms with Gasteiger partial charge in [-0.1, -0.05) is 31.5 Å². The lowest BCUT2D eigenvalue weighted by molar-refractivity contribution is 0.0858. The average molecular weight is 202 g/mol. The number of fused-ring (bicyclic) bond motifs is 1. The van der Waals surface area contributed by atoms with Crippen molar-refractivity contribution in [2.45, 2.75) is 19.8 Å². The minimum absolute atomic E-state index is 0.0240. The standard InChI is InChI=1S/C12H14N2O/c1-2-3-8-14-11(13)9-6-4-5-7-10(9)12(14)15/h4-7,13H,2-3,8H2,1H3. The van der Waals surface area contributed by atoms with Crippen molar-refractivity contribution >= 4 is 11.7 Å². The van der Waals surface area contributed by atoms with Gasteiger partial charge in [0.05, 0.1) is 5.56 Å². The van der Waals surface area contributed by atoms with E-state index in [0.717, 1.165) is 18.4 Å². The molecule has 0 atom stereocenters. The molecule has 0 radical (unpaired) electrons. The molecule has 1 aromatic carbocycles. The summed E-state index contributed by atoms with van der Waals surface area (Å²) in [6, 6.07) is 7.33. The number of amides is 1. The Bertz CT molecular complexity index is 377. The first-order chi connectivity index (χ1) is 7.25. The number of carbonyl (C=O) groups is 1. The van der Waals surface area contributed by atoms with Crippen LogP contribution in [0.25, 0.3) is 0 Å². The average Bonchev–Trinajstić information content (AvgIpc) is 2.51. The van der Waals surface area contributed by atoms with Crippen LogP contribution in [0.15, 0.2) is 24.3 Å². The van der Waals surface area contributed by atoms with E-state index in [0.29, 0.717) is 17.9 Å². The van der Waals surface area contributed by atoms with Crippen LogP contribution in [-0.2, 0) is 0 Å². The van der Waals surface area contributed by atoms with Gasteiger partial charge in [0.2, 0.25) is 0 Å². The van der Waals surface area contributed by atoms with Gasteiger partial charge in [-0.25, -0.2) is 0 Å². The molecular formula is C12H14N2O. The molecule has 3 heteroatoms. The van der Waals surface area contributed by atoms with Gasteiger partial charge in [0.1, 0.15) is 5.84 Å². The fraction of sp³-hybridized carbons (Fsp3) is 0.333. The van der Waals surface area contributed by atoms with Gasteiger partial charge in [-0.15, -0.1) is 0 Å². The summed E-state index contributed by atoms with van der Waals surface area (Å²) in [5.74, 6) is 0.327. The molecule has 1 aliphatic heterocycles. The van der Waals surface area contributed by atoms with Crippen molar-refractivity contribution in [3.05, 3.63) is 35.4 Å². The van der Waals surface area contributed by atoms with Crippen LogP contribution in [0.1, 0.15) is 35.7 Å². The maximum absolute atomic E-state index is 11.9. The van der Waals surface area contributed by atoms with Gasteiger partial charge >= 0.3 is 0 Å². The molecule has 15 heavy (non-hydrogen) atoms. The van der Waals surface area contributed by atoms with Gasteiger partial charge in [-0.2, -0.15) is 0 Å². The third-order valence-corrected chi connectivity index (χ3v) is 2.66. The number of nitrogens with one attached hydrogen (secondary N) is 1.